The zero-order valence-corrected chi connectivity index (χ0v) is 15.7. The maximum Gasteiger partial charge on any atom is 0.282 e. The van der Waals surface area contributed by atoms with Crippen LogP contribution in [0.25, 0.3) is 28.7 Å². The Bertz CT molecular complexity index is 1170. The van der Waals surface area contributed by atoms with Crippen molar-refractivity contribution < 1.29 is 4.52 Å². The summed E-state index contributed by atoms with van der Waals surface area (Å²) >= 11 is 7.80. The van der Waals surface area contributed by atoms with Gasteiger partial charge >= 0.3 is 0 Å². The fourth-order valence-electron chi connectivity index (χ4n) is 2.52. The van der Waals surface area contributed by atoms with Crippen LogP contribution in [-0.4, -0.2) is 26.2 Å². The van der Waals surface area contributed by atoms with E-state index < -0.39 is 0 Å². The Labute approximate surface area is 163 Å². The van der Waals surface area contributed by atoms with Gasteiger partial charge in [-0.2, -0.15) is 10.1 Å². The van der Waals surface area contributed by atoms with Gasteiger partial charge in [0.05, 0.1) is 10.7 Å². The van der Waals surface area contributed by atoms with Crippen LogP contribution >= 0.6 is 23.4 Å². The van der Waals surface area contributed by atoms with Gasteiger partial charge < -0.3 is 4.52 Å². The number of nitrogens with zero attached hydrogens (tertiary/aromatic N) is 4. The van der Waals surface area contributed by atoms with Crippen molar-refractivity contribution >= 4 is 23.4 Å². The molecule has 0 amide bonds. The van der Waals surface area contributed by atoms with Gasteiger partial charge in [-0.15, -0.1) is 11.8 Å². The molecule has 2 heterocycles. The van der Waals surface area contributed by atoms with E-state index in [1.165, 1.54) is 6.07 Å². The van der Waals surface area contributed by atoms with Crippen molar-refractivity contribution in [2.75, 3.05) is 6.26 Å². The van der Waals surface area contributed by atoms with E-state index in [1.54, 1.807) is 34.8 Å². The summed E-state index contributed by atoms with van der Waals surface area (Å²) in [6, 6.07) is 16.4. The minimum atomic E-state index is -0.304. The molecule has 6 nitrogen and oxygen atoms in total. The van der Waals surface area contributed by atoms with Gasteiger partial charge in [0, 0.05) is 22.7 Å². The van der Waals surface area contributed by atoms with E-state index in [1.807, 2.05) is 42.7 Å². The van der Waals surface area contributed by atoms with Gasteiger partial charge in [-0.25, -0.2) is 4.68 Å². The van der Waals surface area contributed by atoms with Crippen molar-refractivity contribution in [2.24, 2.45) is 0 Å². The van der Waals surface area contributed by atoms with Crippen molar-refractivity contribution in [1.29, 1.82) is 0 Å². The maximum absolute atomic E-state index is 12.3. The van der Waals surface area contributed by atoms with Gasteiger partial charge in [0.1, 0.15) is 0 Å². The van der Waals surface area contributed by atoms with Crippen LogP contribution in [0.2, 0.25) is 5.02 Å². The number of benzene rings is 2. The third-order valence-corrected chi connectivity index (χ3v) is 4.92. The maximum atomic E-state index is 12.3. The van der Waals surface area contributed by atoms with E-state index in [-0.39, 0.29) is 17.0 Å². The van der Waals surface area contributed by atoms with Gasteiger partial charge in [-0.1, -0.05) is 35.0 Å². The van der Waals surface area contributed by atoms with Crippen LogP contribution in [0.5, 0.6) is 0 Å². The van der Waals surface area contributed by atoms with Crippen LogP contribution in [0.15, 0.2) is 75.0 Å². The molecule has 0 aliphatic carbocycles. The van der Waals surface area contributed by atoms with Gasteiger partial charge in [0.15, 0.2) is 5.69 Å². The lowest BCUT2D eigenvalue weighted by Crippen LogP contribution is -2.12. The highest BCUT2D eigenvalue weighted by atomic mass is 35.5. The Hall–Kier alpha value is -2.90. The molecule has 2 aromatic carbocycles. The molecular formula is C19H13ClN4O2S. The standard InChI is InChI=1S/C19H13ClN4O2S/c1-27-13-6-4-5-12(11-13)24-10-9-16(25)17(22-24)19-21-18(23-26-19)14-7-2-3-8-15(14)20/h2-11H,1H3. The average molecular weight is 397 g/mol. The number of thioether (sulfide) groups is 1. The van der Waals surface area contributed by atoms with E-state index in [0.29, 0.717) is 16.4 Å². The topological polar surface area (TPSA) is 73.8 Å². The van der Waals surface area contributed by atoms with Gasteiger partial charge in [0.25, 0.3) is 5.89 Å². The lowest BCUT2D eigenvalue weighted by Gasteiger charge is -2.07. The summed E-state index contributed by atoms with van der Waals surface area (Å²) in [4.78, 5) is 17.7. The Morgan fingerprint density at radius 3 is 2.78 bits per heavy atom. The average Bonchev–Trinajstić information content (AvgIpc) is 3.18. The van der Waals surface area contributed by atoms with Gasteiger partial charge in [-0.05, 0) is 36.6 Å². The van der Waals surface area contributed by atoms with Gasteiger partial charge in [0.2, 0.25) is 11.3 Å². The summed E-state index contributed by atoms with van der Waals surface area (Å²) in [7, 11) is 0. The summed E-state index contributed by atoms with van der Waals surface area (Å²) in [5.74, 6) is 0.349. The van der Waals surface area contributed by atoms with Crippen molar-refractivity contribution in [3.63, 3.8) is 0 Å². The summed E-state index contributed by atoms with van der Waals surface area (Å²) in [6.45, 7) is 0. The largest absolute Gasteiger partial charge is 0.332 e. The lowest BCUT2D eigenvalue weighted by molar-refractivity contribution is 0.429. The molecule has 4 aromatic rings. The molecule has 8 heteroatoms. The Morgan fingerprint density at radius 1 is 1.11 bits per heavy atom. The summed E-state index contributed by atoms with van der Waals surface area (Å²) < 4.78 is 6.88. The van der Waals surface area contributed by atoms with Crippen LogP contribution in [-0.2, 0) is 0 Å². The minimum absolute atomic E-state index is 0.0466. The van der Waals surface area contributed by atoms with E-state index in [9.17, 15) is 4.79 Å². The monoisotopic (exact) mass is 396 g/mol. The molecule has 0 spiro atoms. The van der Waals surface area contributed by atoms with E-state index >= 15 is 0 Å². The first kappa shape index (κ1) is 17.5. The number of halogens is 1. The van der Waals surface area contributed by atoms with Crippen molar-refractivity contribution in [3.8, 4) is 28.7 Å². The molecule has 0 aliphatic rings. The van der Waals surface area contributed by atoms with Crippen LogP contribution in [0.1, 0.15) is 0 Å². The Morgan fingerprint density at radius 2 is 1.96 bits per heavy atom. The molecule has 4 rings (SSSR count). The van der Waals surface area contributed by atoms with E-state index in [0.717, 1.165) is 10.6 Å². The van der Waals surface area contributed by atoms with Crippen molar-refractivity contribution in [2.45, 2.75) is 4.90 Å². The lowest BCUT2D eigenvalue weighted by atomic mass is 10.2. The molecule has 0 N–H and O–H groups in total. The highest BCUT2D eigenvalue weighted by molar-refractivity contribution is 7.98. The molecule has 0 bridgehead atoms. The molecule has 0 unspecified atom stereocenters. The molecule has 0 saturated carbocycles. The van der Waals surface area contributed by atoms with Crippen LogP contribution in [0, 0.1) is 0 Å². The normalized spacial score (nSPS) is 10.9. The zero-order valence-electron chi connectivity index (χ0n) is 14.2. The number of rotatable bonds is 4. The smallest absolute Gasteiger partial charge is 0.282 e. The highest BCUT2D eigenvalue weighted by Gasteiger charge is 2.17. The van der Waals surface area contributed by atoms with Crippen LogP contribution in [0.3, 0.4) is 0 Å². The van der Waals surface area contributed by atoms with Crippen molar-refractivity contribution in [3.05, 3.63) is 76.0 Å². The molecule has 2 aromatic heterocycles. The molecule has 0 aliphatic heterocycles. The quantitative estimate of drug-likeness (QED) is 0.478. The third kappa shape index (κ3) is 3.51. The van der Waals surface area contributed by atoms with E-state index in [2.05, 4.69) is 15.2 Å². The fourth-order valence-corrected chi connectivity index (χ4v) is 3.20. The first-order valence-electron chi connectivity index (χ1n) is 7.99. The molecule has 0 saturated heterocycles. The fraction of sp³-hybridized carbons (Fsp3) is 0.0526. The highest BCUT2D eigenvalue weighted by Crippen LogP contribution is 2.26. The molecular weight excluding hydrogens is 384 g/mol. The predicted octanol–water partition coefficient (Wildman–Crippen LogP) is 4.32. The summed E-state index contributed by atoms with van der Waals surface area (Å²) in [5, 5.41) is 8.81. The zero-order chi connectivity index (χ0) is 18.8. The minimum Gasteiger partial charge on any atom is -0.332 e. The molecule has 0 atom stereocenters. The summed E-state index contributed by atoms with van der Waals surface area (Å²) in [5.41, 5.74) is 1.23. The van der Waals surface area contributed by atoms with Crippen LogP contribution in [0.4, 0.5) is 0 Å². The van der Waals surface area contributed by atoms with E-state index in [4.69, 9.17) is 16.1 Å². The Balaban J connectivity index is 1.77. The number of hydrogen-bond donors (Lipinski definition) is 0. The predicted molar refractivity (Wildman–Crippen MR) is 105 cm³/mol. The second-order valence-corrected chi connectivity index (χ2v) is 6.86. The van der Waals surface area contributed by atoms with Crippen LogP contribution < -0.4 is 5.43 Å². The summed E-state index contributed by atoms with van der Waals surface area (Å²) in [6.07, 6.45) is 3.61. The molecule has 0 radical (unpaired) electrons. The Kier molecular flexibility index (Phi) is 4.79. The van der Waals surface area contributed by atoms with Gasteiger partial charge in [-0.3, -0.25) is 4.79 Å². The molecule has 134 valence electrons. The first-order chi connectivity index (χ1) is 13.2. The number of hydrogen-bond acceptors (Lipinski definition) is 6. The second-order valence-electron chi connectivity index (χ2n) is 5.58. The molecule has 27 heavy (non-hydrogen) atoms. The van der Waals surface area contributed by atoms with Crippen molar-refractivity contribution in [1.82, 2.24) is 19.9 Å². The second kappa shape index (κ2) is 7.38. The first-order valence-corrected chi connectivity index (χ1v) is 9.59. The SMILES string of the molecule is CSc1cccc(-n2ccc(=O)c(-c3nc(-c4ccccc4Cl)no3)n2)c1. The molecule has 0 fully saturated rings. The number of aromatic nitrogens is 4. The third-order valence-electron chi connectivity index (χ3n) is 3.87.